The Bertz CT molecular complexity index is 774. The number of hydrogen-bond acceptors (Lipinski definition) is 4. The second kappa shape index (κ2) is 4.84. The quantitative estimate of drug-likeness (QED) is 0.723. The first kappa shape index (κ1) is 12.3. The summed E-state index contributed by atoms with van der Waals surface area (Å²) in [5.74, 6) is 0.986. The van der Waals surface area contributed by atoms with E-state index >= 15 is 0 Å². The molecule has 5 nitrogen and oxygen atoms in total. The molecule has 1 unspecified atom stereocenters. The molecule has 0 N–H and O–H groups in total. The highest BCUT2D eigenvalue weighted by atomic mass is 15.3. The van der Waals surface area contributed by atoms with Gasteiger partial charge in [-0.2, -0.15) is 10.2 Å². The largest absolute Gasteiger partial charge is 0.352 e. The molecule has 1 aliphatic rings. The van der Waals surface area contributed by atoms with Gasteiger partial charge in [0.25, 0.3) is 0 Å². The van der Waals surface area contributed by atoms with Crippen molar-refractivity contribution in [3.05, 3.63) is 48.4 Å². The molecule has 106 valence electrons. The zero-order valence-electron chi connectivity index (χ0n) is 12.0. The van der Waals surface area contributed by atoms with Crippen LogP contribution >= 0.6 is 0 Å². The minimum atomic E-state index is 0.416. The van der Waals surface area contributed by atoms with Crippen LogP contribution in [0.15, 0.2) is 42.9 Å². The van der Waals surface area contributed by atoms with E-state index in [0.717, 1.165) is 30.7 Å². The van der Waals surface area contributed by atoms with Crippen LogP contribution in [0, 0.1) is 6.92 Å². The van der Waals surface area contributed by atoms with Crippen molar-refractivity contribution < 1.29 is 0 Å². The lowest BCUT2D eigenvalue weighted by atomic mass is 10.2. The van der Waals surface area contributed by atoms with E-state index < -0.39 is 0 Å². The summed E-state index contributed by atoms with van der Waals surface area (Å²) >= 11 is 0. The molecule has 3 aromatic rings. The molecule has 0 radical (unpaired) electrons. The second-order valence-electron chi connectivity index (χ2n) is 5.64. The van der Waals surface area contributed by atoms with Gasteiger partial charge in [0.05, 0.1) is 18.4 Å². The van der Waals surface area contributed by atoms with Crippen LogP contribution < -0.4 is 4.90 Å². The fraction of sp³-hybridized carbons (Fsp3) is 0.312. The Morgan fingerprint density at radius 1 is 1.19 bits per heavy atom. The molecule has 5 heteroatoms. The maximum atomic E-state index is 4.44. The zero-order chi connectivity index (χ0) is 14.2. The lowest BCUT2D eigenvalue weighted by Crippen LogP contribution is -2.22. The summed E-state index contributed by atoms with van der Waals surface area (Å²) in [6, 6.07) is 8.70. The Morgan fingerprint density at radius 3 is 2.95 bits per heavy atom. The number of aryl methyl sites for hydroxylation is 1. The van der Waals surface area contributed by atoms with Gasteiger partial charge < -0.3 is 4.90 Å². The van der Waals surface area contributed by atoms with E-state index in [-0.39, 0.29) is 0 Å². The normalized spacial score (nSPS) is 18.5. The molecule has 4 rings (SSSR count). The number of rotatable bonds is 2. The first-order chi connectivity index (χ1) is 10.3. The lowest BCUT2D eigenvalue weighted by molar-refractivity contribution is 0.494. The average molecular weight is 279 g/mol. The van der Waals surface area contributed by atoms with Crippen molar-refractivity contribution in [3.8, 4) is 0 Å². The highest BCUT2D eigenvalue weighted by molar-refractivity contribution is 5.91. The number of nitrogens with zero attached hydrogens (tertiary/aromatic N) is 5. The van der Waals surface area contributed by atoms with E-state index in [1.165, 1.54) is 10.9 Å². The van der Waals surface area contributed by atoms with E-state index in [0.29, 0.717) is 6.04 Å². The van der Waals surface area contributed by atoms with Crippen molar-refractivity contribution >= 4 is 16.6 Å². The van der Waals surface area contributed by atoms with E-state index in [9.17, 15) is 0 Å². The van der Waals surface area contributed by atoms with Gasteiger partial charge in [0.1, 0.15) is 0 Å². The molecule has 1 aliphatic heterocycles. The molecule has 21 heavy (non-hydrogen) atoms. The summed E-state index contributed by atoms with van der Waals surface area (Å²) in [6.45, 7) is 4.00. The van der Waals surface area contributed by atoms with Crippen LogP contribution in [0.4, 0.5) is 5.82 Å². The molecule has 0 bridgehead atoms. The van der Waals surface area contributed by atoms with Gasteiger partial charge in [-0.05, 0) is 18.9 Å². The Balaban J connectivity index is 1.65. The molecule has 1 fully saturated rings. The van der Waals surface area contributed by atoms with E-state index in [4.69, 9.17) is 0 Å². The van der Waals surface area contributed by atoms with Gasteiger partial charge in [-0.25, -0.2) is 0 Å². The lowest BCUT2D eigenvalue weighted by Gasteiger charge is -2.18. The highest BCUT2D eigenvalue weighted by Crippen LogP contribution is 2.29. The predicted octanol–water partition coefficient (Wildman–Crippen LogP) is 2.59. The molecule has 1 atom stereocenters. The smallest absolute Gasteiger partial charge is 0.159 e. The van der Waals surface area contributed by atoms with Crippen molar-refractivity contribution in [2.24, 2.45) is 0 Å². The summed E-state index contributed by atoms with van der Waals surface area (Å²) in [5, 5.41) is 15.3. The van der Waals surface area contributed by atoms with Gasteiger partial charge in [-0.15, -0.1) is 5.10 Å². The molecule has 2 aromatic heterocycles. The van der Waals surface area contributed by atoms with Crippen LogP contribution in [-0.2, 0) is 0 Å². The average Bonchev–Trinajstić information content (AvgIpc) is 3.15. The summed E-state index contributed by atoms with van der Waals surface area (Å²) < 4.78 is 2.08. The topological polar surface area (TPSA) is 46.8 Å². The third kappa shape index (κ3) is 2.14. The van der Waals surface area contributed by atoms with E-state index in [1.54, 1.807) is 0 Å². The molecule has 0 spiro atoms. The monoisotopic (exact) mass is 279 g/mol. The Kier molecular flexibility index (Phi) is 2.84. The molecule has 0 aliphatic carbocycles. The van der Waals surface area contributed by atoms with Crippen LogP contribution in [-0.4, -0.2) is 33.1 Å². The van der Waals surface area contributed by atoms with E-state index in [1.807, 2.05) is 18.5 Å². The minimum absolute atomic E-state index is 0.416. The third-order valence-corrected chi connectivity index (χ3v) is 4.12. The summed E-state index contributed by atoms with van der Waals surface area (Å²) in [7, 11) is 0. The van der Waals surface area contributed by atoms with Crippen LogP contribution in [0.3, 0.4) is 0 Å². The zero-order valence-corrected chi connectivity index (χ0v) is 12.0. The van der Waals surface area contributed by atoms with E-state index in [2.05, 4.69) is 56.2 Å². The molecule has 0 amide bonds. The molecule has 3 heterocycles. The summed E-state index contributed by atoms with van der Waals surface area (Å²) in [5.41, 5.74) is 1.21. The van der Waals surface area contributed by atoms with Crippen molar-refractivity contribution in [2.75, 3.05) is 18.0 Å². The SMILES string of the molecule is Cc1cnn(C2CCN(c3nncc4ccccc34)C2)c1. The Labute approximate surface area is 123 Å². The van der Waals surface area contributed by atoms with Crippen LogP contribution in [0.25, 0.3) is 10.8 Å². The van der Waals surface area contributed by atoms with Crippen molar-refractivity contribution in [1.82, 2.24) is 20.0 Å². The summed E-state index contributed by atoms with van der Waals surface area (Å²) in [6.07, 6.45) is 6.94. The molecule has 0 saturated carbocycles. The maximum absolute atomic E-state index is 4.44. The van der Waals surface area contributed by atoms with Crippen molar-refractivity contribution in [3.63, 3.8) is 0 Å². The van der Waals surface area contributed by atoms with Crippen molar-refractivity contribution in [2.45, 2.75) is 19.4 Å². The Hall–Kier alpha value is -2.43. The standard InChI is InChI=1S/C16H17N5/c1-12-8-18-21(10-12)14-6-7-20(11-14)16-15-5-3-2-4-13(15)9-17-19-16/h2-5,8-10,14H,6-7,11H2,1H3. The molecule has 1 aromatic carbocycles. The molecule has 1 saturated heterocycles. The van der Waals surface area contributed by atoms with Crippen molar-refractivity contribution in [1.29, 1.82) is 0 Å². The number of fused-ring (bicyclic) bond motifs is 1. The fourth-order valence-electron chi connectivity index (χ4n) is 3.03. The predicted molar refractivity (Wildman–Crippen MR) is 82.4 cm³/mol. The summed E-state index contributed by atoms with van der Waals surface area (Å²) in [4.78, 5) is 2.32. The first-order valence-corrected chi connectivity index (χ1v) is 7.27. The fourth-order valence-corrected chi connectivity index (χ4v) is 3.03. The maximum Gasteiger partial charge on any atom is 0.159 e. The number of benzene rings is 1. The van der Waals surface area contributed by atoms with Crippen LogP contribution in [0.1, 0.15) is 18.0 Å². The number of hydrogen-bond donors (Lipinski definition) is 0. The van der Waals surface area contributed by atoms with Gasteiger partial charge in [-0.1, -0.05) is 24.3 Å². The van der Waals surface area contributed by atoms with Crippen LogP contribution in [0.2, 0.25) is 0 Å². The highest BCUT2D eigenvalue weighted by Gasteiger charge is 2.26. The van der Waals surface area contributed by atoms with Gasteiger partial charge >= 0.3 is 0 Å². The third-order valence-electron chi connectivity index (χ3n) is 4.12. The number of aromatic nitrogens is 4. The van der Waals surface area contributed by atoms with Gasteiger partial charge in [0.2, 0.25) is 0 Å². The Morgan fingerprint density at radius 2 is 2.10 bits per heavy atom. The van der Waals surface area contributed by atoms with Gasteiger partial charge in [-0.3, -0.25) is 4.68 Å². The molecular formula is C16H17N5. The van der Waals surface area contributed by atoms with Crippen LogP contribution in [0.5, 0.6) is 0 Å². The minimum Gasteiger partial charge on any atom is -0.352 e. The molecular weight excluding hydrogens is 262 g/mol. The van der Waals surface area contributed by atoms with Gasteiger partial charge in [0.15, 0.2) is 5.82 Å². The second-order valence-corrected chi connectivity index (χ2v) is 5.64. The first-order valence-electron chi connectivity index (χ1n) is 7.27. The number of anilines is 1. The van der Waals surface area contributed by atoms with Gasteiger partial charge in [0, 0.05) is 30.1 Å².